The van der Waals surface area contributed by atoms with Gasteiger partial charge in [-0.15, -0.1) is 0 Å². The van der Waals surface area contributed by atoms with Gasteiger partial charge in [0.25, 0.3) is 11.8 Å². The maximum Gasteiger partial charge on any atom is 0.289 e. The molecule has 1 aliphatic carbocycles. The van der Waals surface area contributed by atoms with Crippen LogP contribution in [0.15, 0.2) is 72.8 Å². The molecule has 40 heavy (non-hydrogen) atoms. The minimum atomic E-state index is -0.0986. The zero-order valence-corrected chi connectivity index (χ0v) is 23.0. The first kappa shape index (κ1) is 26.3. The lowest BCUT2D eigenvalue weighted by Crippen LogP contribution is -2.54. The van der Waals surface area contributed by atoms with Crippen LogP contribution in [0.4, 0.5) is 5.95 Å². The number of hydrogen-bond donors (Lipinski definition) is 0. The number of aromatic nitrogens is 2. The molecule has 2 saturated heterocycles. The molecule has 8 nitrogen and oxygen atoms in total. The van der Waals surface area contributed by atoms with E-state index in [0.29, 0.717) is 55.0 Å². The van der Waals surface area contributed by atoms with Crippen LogP contribution in [0.3, 0.4) is 0 Å². The van der Waals surface area contributed by atoms with Gasteiger partial charge in [0.1, 0.15) is 6.10 Å². The Balaban J connectivity index is 1.14. The van der Waals surface area contributed by atoms with Gasteiger partial charge in [-0.25, -0.2) is 9.97 Å². The smallest absolute Gasteiger partial charge is 0.289 e. The van der Waals surface area contributed by atoms with Crippen LogP contribution in [0, 0.1) is 0 Å². The van der Waals surface area contributed by atoms with Crippen LogP contribution in [0.2, 0.25) is 5.02 Å². The first-order valence-electron chi connectivity index (χ1n) is 13.9. The van der Waals surface area contributed by atoms with Crippen molar-refractivity contribution < 1.29 is 14.3 Å². The van der Waals surface area contributed by atoms with Gasteiger partial charge < -0.3 is 19.4 Å². The zero-order chi connectivity index (χ0) is 27.5. The van der Waals surface area contributed by atoms with Gasteiger partial charge in [-0.05, 0) is 66.8 Å². The standard InChI is InChI=1S/C31H32ClN5O3/c32-25-12-8-23(9-13-25)21-37-26-4-1-2-5-27(26)40-28(30(37)39)20-22-6-10-24(11-7-22)29(38)35-16-18-36(19-17-35)31-33-14-3-15-34-31/h3,6-15,20,26-27H,1-2,4-5,16-19,21H2/b28-20-. The van der Waals surface area contributed by atoms with E-state index in [1.165, 1.54) is 0 Å². The van der Waals surface area contributed by atoms with Gasteiger partial charge >= 0.3 is 0 Å². The molecule has 6 rings (SSSR count). The van der Waals surface area contributed by atoms with E-state index in [0.717, 1.165) is 36.8 Å². The number of ether oxygens (including phenoxy) is 1. The lowest BCUT2D eigenvalue weighted by atomic mass is 9.89. The van der Waals surface area contributed by atoms with E-state index in [9.17, 15) is 9.59 Å². The Kier molecular flexibility index (Phi) is 7.68. The summed E-state index contributed by atoms with van der Waals surface area (Å²) >= 11 is 6.07. The number of carbonyl (C=O) groups excluding carboxylic acids is 2. The average molecular weight is 558 g/mol. The number of nitrogens with zero attached hydrogens (tertiary/aromatic N) is 5. The summed E-state index contributed by atoms with van der Waals surface area (Å²) in [6.45, 7) is 3.12. The molecule has 1 aromatic heterocycles. The largest absolute Gasteiger partial charge is 0.482 e. The fraction of sp³-hybridized carbons (Fsp3) is 0.355. The van der Waals surface area contributed by atoms with Gasteiger partial charge in [-0.2, -0.15) is 0 Å². The van der Waals surface area contributed by atoms with Crippen molar-refractivity contribution in [2.45, 2.75) is 44.4 Å². The Hall–Kier alpha value is -3.91. The van der Waals surface area contributed by atoms with Gasteiger partial charge in [0, 0.05) is 55.7 Å². The van der Waals surface area contributed by atoms with E-state index in [4.69, 9.17) is 16.3 Å². The predicted molar refractivity (Wildman–Crippen MR) is 154 cm³/mol. The fourth-order valence-corrected chi connectivity index (χ4v) is 5.89. The molecule has 9 heteroatoms. The fourth-order valence-electron chi connectivity index (χ4n) is 5.77. The number of fused-ring (bicyclic) bond motifs is 1. The Morgan fingerprint density at radius 2 is 1.65 bits per heavy atom. The number of rotatable bonds is 5. The van der Waals surface area contributed by atoms with Gasteiger partial charge in [0.2, 0.25) is 5.95 Å². The minimum absolute atomic E-state index is 0.00277. The summed E-state index contributed by atoms with van der Waals surface area (Å²) in [6, 6.07) is 16.9. The normalized spacial score (nSPS) is 22.2. The molecule has 0 spiro atoms. The molecule has 2 aromatic carbocycles. The summed E-state index contributed by atoms with van der Waals surface area (Å²) in [6.07, 6.45) is 9.32. The van der Waals surface area contributed by atoms with Crippen molar-refractivity contribution in [1.29, 1.82) is 0 Å². The van der Waals surface area contributed by atoms with E-state index in [-0.39, 0.29) is 24.0 Å². The minimum Gasteiger partial charge on any atom is -0.482 e. The van der Waals surface area contributed by atoms with E-state index >= 15 is 0 Å². The number of benzene rings is 2. The second kappa shape index (κ2) is 11.7. The van der Waals surface area contributed by atoms with Crippen LogP contribution in [0.5, 0.6) is 0 Å². The number of carbonyl (C=O) groups is 2. The molecular weight excluding hydrogens is 526 g/mol. The third-order valence-corrected chi connectivity index (χ3v) is 8.19. The van der Waals surface area contributed by atoms with Crippen molar-refractivity contribution in [3.05, 3.63) is 94.5 Å². The molecule has 3 fully saturated rings. The number of piperazine rings is 1. The molecule has 2 aliphatic heterocycles. The average Bonchev–Trinajstić information content (AvgIpc) is 3.01. The maximum absolute atomic E-state index is 13.6. The molecule has 0 bridgehead atoms. The van der Waals surface area contributed by atoms with Gasteiger partial charge in [-0.1, -0.05) is 42.3 Å². The van der Waals surface area contributed by atoms with Gasteiger partial charge in [0.15, 0.2) is 5.76 Å². The van der Waals surface area contributed by atoms with Crippen LogP contribution >= 0.6 is 11.6 Å². The molecule has 3 heterocycles. The SMILES string of the molecule is O=C(c1ccc(/C=C2\OC3CCCCC3N(Cc3ccc(Cl)cc3)C2=O)cc1)N1CCN(c2ncccn2)CC1. The van der Waals surface area contributed by atoms with Crippen LogP contribution in [0.25, 0.3) is 6.08 Å². The lowest BCUT2D eigenvalue weighted by Gasteiger charge is -2.44. The van der Waals surface area contributed by atoms with Crippen LogP contribution in [-0.4, -0.2) is 69.9 Å². The summed E-state index contributed by atoms with van der Waals surface area (Å²) in [5.74, 6) is 0.948. The quantitative estimate of drug-likeness (QED) is 0.419. The molecule has 1 saturated carbocycles. The summed E-state index contributed by atoms with van der Waals surface area (Å²) in [7, 11) is 0. The molecular formula is C31H32ClN5O3. The van der Waals surface area contributed by atoms with Crippen molar-refractivity contribution >= 4 is 35.4 Å². The van der Waals surface area contributed by atoms with Gasteiger partial charge in [-0.3, -0.25) is 9.59 Å². The van der Waals surface area contributed by atoms with Crippen LogP contribution < -0.4 is 4.90 Å². The molecule has 3 aromatic rings. The molecule has 0 radical (unpaired) electrons. The van der Waals surface area contributed by atoms with E-state index in [1.54, 1.807) is 24.5 Å². The van der Waals surface area contributed by atoms with Crippen molar-refractivity contribution in [3.8, 4) is 0 Å². The first-order chi connectivity index (χ1) is 19.5. The Labute approximate surface area is 239 Å². The second-order valence-corrected chi connectivity index (χ2v) is 11.0. The maximum atomic E-state index is 13.6. The molecule has 3 aliphatic rings. The molecule has 2 atom stereocenters. The second-order valence-electron chi connectivity index (χ2n) is 10.5. The van der Waals surface area contributed by atoms with Crippen molar-refractivity contribution in [2.24, 2.45) is 0 Å². The molecule has 206 valence electrons. The Morgan fingerprint density at radius 3 is 2.38 bits per heavy atom. The van der Waals surface area contributed by atoms with Gasteiger partial charge in [0.05, 0.1) is 6.04 Å². The van der Waals surface area contributed by atoms with Crippen LogP contribution in [-0.2, 0) is 16.1 Å². The number of anilines is 1. The Morgan fingerprint density at radius 1 is 0.950 bits per heavy atom. The van der Waals surface area contributed by atoms with E-state index in [2.05, 4.69) is 14.9 Å². The number of halogens is 1. The number of hydrogen-bond acceptors (Lipinski definition) is 6. The third-order valence-electron chi connectivity index (χ3n) is 7.94. The number of amides is 2. The van der Waals surface area contributed by atoms with E-state index in [1.807, 2.05) is 58.3 Å². The first-order valence-corrected chi connectivity index (χ1v) is 14.3. The highest BCUT2D eigenvalue weighted by Crippen LogP contribution is 2.34. The monoisotopic (exact) mass is 557 g/mol. The van der Waals surface area contributed by atoms with E-state index < -0.39 is 0 Å². The Bertz CT molecular complexity index is 1370. The molecule has 0 N–H and O–H groups in total. The van der Waals surface area contributed by atoms with Crippen molar-refractivity contribution in [2.75, 3.05) is 31.1 Å². The highest BCUT2D eigenvalue weighted by Gasteiger charge is 2.41. The summed E-state index contributed by atoms with van der Waals surface area (Å²) in [5.41, 5.74) is 2.49. The molecule has 2 unspecified atom stereocenters. The predicted octanol–water partition coefficient (Wildman–Crippen LogP) is 4.80. The molecule has 2 amide bonds. The van der Waals surface area contributed by atoms with Crippen molar-refractivity contribution in [3.63, 3.8) is 0 Å². The highest BCUT2D eigenvalue weighted by molar-refractivity contribution is 6.30. The van der Waals surface area contributed by atoms with Crippen LogP contribution in [0.1, 0.15) is 47.2 Å². The van der Waals surface area contributed by atoms with Crippen molar-refractivity contribution in [1.82, 2.24) is 19.8 Å². The highest BCUT2D eigenvalue weighted by atomic mass is 35.5. The topological polar surface area (TPSA) is 78.9 Å². The summed E-state index contributed by atoms with van der Waals surface area (Å²) < 4.78 is 6.27. The zero-order valence-electron chi connectivity index (χ0n) is 22.3. The summed E-state index contributed by atoms with van der Waals surface area (Å²) in [5, 5.41) is 0.680. The summed E-state index contributed by atoms with van der Waals surface area (Å²) in [4.78, 5) is 41.3. The third kappa shape index (κ3) is 5.68. The lowest BCUT2D eigenvalue weighted by molar-refractivity contribution is -0.149. The number of morpholine rings is 1.